The molecule has 0 radical (unpaired) electrons. The molecule has 7 nitrogen and oxygen atoms in total. The Morgan fingerprint density at radius 2 is 1.84 bits per heavy atom. The van der Waals surface area contributed by atoms with E-state index in [1.807, 2.05) is 11.0 Å². The van der Waals surface area contributed by atoms with Gasteiger partial charge in [-0.15, -0.1) is 0 Å². The quantitative estimate of drug-likeness (QED) is 0.366. The van der Waals surface area contributed by atoms with Crippen molar-refractivity contribution in [2.45, 2.75) is 19.3 Å². The summed E-state index contributed by atoms with van der Waals surface area (Å²) in [5.41, 5.74) is 1.60. The van der Waals surface area contributed by atoms with Gasteiger partial charge in [-0.1, -0.05) is 53.5 Å². The van der Waals surface area contributed by atoms with Gasteiger partial charge in [0.05, 0.1) is 15.6 Å². The molecule has 1 saturated heterocycles. The number of nitrogens with zero attached hydrogens (tertiary/aromatic N) is 4. The lowest BCUT2D eigenvalue weighted by molar-refractivity contribution is -0.383. The fraction of sp³-hybridized carbons (Fsp3) is 0.273. The number of anilines is 3. The highest BCUT2D eigenvalue weighted by Gasteiger charge is 2.30. The van der Waals surface area contributed by atoms with Crippen molar-refractivity contribution in [1.82, 2.24) is 9.97 Å². The fourth-order valence-corrected chi connectivity index (χ4v) is 4.21. The van der Waals surface area contributed by atoms with Crippen LogP contribution in [0.5, 0.6) is 0 Å². The van der Waals surface area contributed by atoms with Gasteiger partial charge in [-0.25, -0.2) is 9.97 Å². The van der Waals surface area contributed by atoms with E-state index in [9.17, 15) is 10.1 Å². The Morgan fingerprint density at radius 1 is 1.10 bits per heavy atom. The minimum Gasteiger partial charge on any atom is -0.351 e. The van der Waals surface area contributed by atoms with E-state index in [1.54, 1.807) is 18.2 Å². The van der Waals surface area contributed by atoms with Gasteiger partial charge in [-0.05, 0) is 48.9 Å². The monoisotopic (exact) mass is 457 g/mol. The molecule has 0 saturated carbocycles. The van der Waals surface area contributed by atoms with E-state index in [0.29, 0.717) is 40.6 Å². The SMILES string of the molecule is O=[N+]([O-])c1c(Nc2cc(Cl)ccc2Cl)ncnc1N1CCC(Cc2ccccc2)CC1. The zero-order chi connectivity index (χ0) is 21.8. The molecule has 1 aliphatic heterocycles. The van der Waals surface area contributed by atoms with Crippen molar-refractivity contribution in [3.63, 3.8) is 0 Å². The van der Waals surface area contributed by atoms with Crippen LogP contribution in [0, 0.1) is 16.0 Å². The molecule has 0 spiro atoms. The molecule has 2 heterocycles. The van der Waals surface area contributed by atoms with Gasteiger partial charge < -0.3 is 10.2 Å². The first-order valence-electron chi connectivity index (χ1n) is 10.0. The Hall–Kier alpha value is -2.90. The third-order valence-corrected chi connectivity index (χ3v) is 6.01. The normalized spacial score (nSPS) is 14.5. The van der Waals surface area contributed by atoms with Crippen LogP contribution in [0.3, 0.4) is 0 Å². The summed E-state index contributed by atoms with van der Waals surface area (Å²) in [5, 5.41) is 15.7. The lowest BCUT2D eigenvalue weighted by Gasteiger charge is -2.32. The van der Waals surface area contributed by atoms with Crippen molar-refractivity contribution in [3.05, 3.63) is 80.6 Å². The maximum atomic E-state index is 11.9. The van der Waals surface area contributed by atoms with Crippen LogP contribution in [0.4, 0.5) is 23.0 Å². The Morgan fingerprint density at radius 3 is 2.55 bits per heavy atom. The summed E-state index contributed by atoms with van der Waals surface area (Å²) >= 11 is 12.2. The van der Waals surface area contributed by atoms with Crippen molar-refractivity contribution < 1.29 is 4.92 Å². The molecule has 2 aromatic carbocycles. The molecule has 1 aliphatic rings. The molecule has 3 aromatic rings. The van der Waals surface area contributed by atoms with Crippen LogP contribution in [-0.2, 0) is 6.42 Å². The summed E-state index contributed by atoms with van der Waals surface area (Å²) < 4.78 is 0. The number of hydrogen-bond acceptors (Lipinski definition) is 6. The number of nitrogens with one attached hydrogen (secondary N) is 1. The van der Waals surface area contributed by atoms with Crippen LogP contribution in [0.2, 0.25) is 10.0 Å². The van der Waals surface area contributed by atoms with E-state index in [-0.39, 0.29) is 11.5 Å². The molecule has 1 aromatic heterocycles. The van der Waals surface area contributed by atoms with E-state index in [1.165, 1.54) is 11.9 Å². The molecule has 0 aliphatic carbocycles. The molecular formula is C22H21Cl2N5O2. The highest BCUT2D eigenvalue weighted by molar-refractivity contribution is 6.35. The van der Waals surface area contributed by atoms with Crippen molar-refractivity contribution in [2.75, 3.05) is 23.3 Å². The largest absolute Gasteiger partial charge is 0.353 e. The van der Waals surface area contributed by atoms with Crippen LogP contribution in [0.1, 0.15) is 18.4 Å². The molecule has 0 atom stereocenters. The van der Waals surface area contributed by atoms with Gasteiger partial charge in [0.1, 0.15) is 6.33 Å². The van der Waals surface area contributed by atoms with Gasteiger partial charge in [-0.3, -0.25) is 10.1 Å². The first-order valence-corrected chi connectivity index (χ1v) is 10.8. The molecular weight excluding hydrogens is 437 g/mol. The van der Waals surface area contributed by atoms with Gasteiger partial charge in [0.15, 0.2) is 0 Å². The molecule has 31 heavy (non-hydrogen) atoms. The Balaban J connectivity index is 1.53. The topological polar surface area (TPSA) is 84.2 Å². The smallest absolute Gasteiger partial charge is 0.351 e. The number of hydrogen-bond donors (Lipinski definition) is 1. The average Bonchev–Trinajstić information content (AvgIpc) is 2.77. The summed E-state index contributed by atoms with van der Waals surface area (Å²) in [4.78, 5) is 21.8. The van der Waals surface area contributed by atoms with Crippen molar-refractivity contribution in [3.8, 4) is 0 Å². The molecule has 1 N–H and O–H groups in total. The Labute approximate surface area is 190 Å². The van der Waals surface area contributed by atoms with Gasteiger partial charge in [0.25, 0.3) is 0 Å². The van der Waals surface area contributed by atoms with Gasteiger partial charge in [-0.2, -0.15) is 0 Å². The number of nitro groups is 1. The minimum absolute atomic E-state index is 0.0885. The molecule has 160 valence electrons. The number of aromatic nitrogens is 2. The Bertz CT molecular complexity index is 1070. The summed E-state index contributed by atoms with van der Waals surface area (Å²) in [6.45, 7) is 1.40. The second-order valence-electron chi connectivity index (χ2n) is 7.52. The van der Waals surface area contributed by atoms with Crippen LogP contribution >= 0.6 is 23.2 Å². The van der Waals surface area contributed by atoms with Crippen LogP contribution in [0.25, 0.3) is 0 Å². The lowest BCUT2D eigenvalue weighted by atomic mass is 9.90. The standard InChI is InChI=1S/C22H21Cl2N5O2/c23-17-6-7-18(24)19(13-17)27-21-20(29(30)31)22(26-14-25-21)28-10-8-16(9-11-28)12-15-4-2-1-3-5-15/h1-7,13-14,16H,8-12H2,(H,25,26,27). The fourth-order valence-electron chi connectivity index (χ4n) is 3.88. The maximum Gasteiger partial charge on any atom is 0.353 e. The summed E-state index contributed by atoms with van der Waals surface area (Å²) in [6, 6.07) is 15.3. The number of benzene rings is 2. The predicted molar refractivity (Wildman–Crippen MR) is 124 cm³/mol. The first-order chi connectivity index (χ1) is 15.0. The third kappa shape index (κ3) is 5.06. The second-order valence-corrected chi connectivity index (χ2v) is 8.36. The molecule has 4 rings (SSSR count). The maximum absolute atomic E-state index is 11.9. The number of piperidine rings is 1. The second kappa shape index (κ2) is 9.49. The average molecular weight is 458 g/mol. The van der Waals surface area contributed by atoms with Crippen molar-refractivity contribution in [2.24, 2.45) is 5.92 Å². The van der Waals surface area contributed by atoms with Gasteiger partial charge in [0.2, 0.25) is 11.6 Å². The molecule has 0 bridgehead atoms. The number of halogens is 2. The van der Waals surface area contributed by atoms with E-state index in [2.05, 4.69) is 39.6 Å². The van der Waals surface area contributed by atoms with Crippen molar-refractivity contribution >= 4 is 46.2 Å². The zero-order valence-corrected chi connectivity index (χ0v) is 18.2. The lowest BCUT2D eigenvalue weighted by Crippen LogP contribution is -2.35. The number of rotatable bonds is 6. The first kappa shape index (κ1) is 21.3. The molecule has 0 amide bonds. The minimum atomic E-state index is -0.452. The van der Waals surface area contributed by atoms with E-state index in [4.69, 9.17) is 23.2 Å². The highest BCUT2D eigenvalue weighted by Crippen LogP contribution is 2.37. The summed E-state index contributed by atoms with van der Waals surface area (Å²) in [7, 11) is 0. The van der Waals surface area contributed by atoms with Crippen LogP contribution in [0.15, 0.2) is 54.9 Å². The van der Waals surface area contributed by atoms with E-state index < -0.39 is 4.92 Å². The van der Waals surface area contributed by atoms with E-state index >= 15 is 0 Å². The summed E-state index contributed by atoms with van der Waals surface area (Å²) in [5.74, 6) is 0.951. The van der Waals surface area contributed by atoms with Gasteiger partial charge >= 0.3 is 5.69 Å². The Kier molecular flexibility index (Phi) is 6.53. The van der Waals surface area contributed by atoms with Crippen LogP contribution < -0.4 is 10.2 Å². The third-order valence-electron chi connectivity index (χ3n) is 5.45. The zero-order valence-electron chi connectivity index (χ0n) is 16.7. The highest BCUT2D eigenvalue weighted by atomic mass is 35.5. The van der Waals surface area contributed by atoms with Crippen molar-refractivity contribution in [1.29, 1.82) is 0 Å². The predicted octanol–water partition coefficient (Wildman–Crippen LogP) is 5.89. The van der Waals surface area contributed by atoms with Gasteiger partial charge in [0, 0.05) is 18.1 Å². The molecule has 1 fully saturated rings. The summed E-state index contributed by atoms with van der Waals surface area (Å²) in [6.07, 6.45) is 4.23. The van der Waals surface area contributed by atoms with E-state index in [0.717, 1.165) is 19.3 Å². The van der Waals surface area contributed by atoms with Crippen LogP contribution in [-0.4, -0.2) is 28.0 Å². The molecule has 0 unspecified atom stereocenters. The molecule has 9 heteroatoms.